The number of rotatable bonds is 5. The Labute approximate surface area is 162 Å². The van der Waals surface area contributed by atoms with Crippen molar-refractivity contribution >= 4 is 47.9 Å². The molecule has 0 bridgehead atoms. The molecule has 2 rings (SSSR count). The summed E-state index contributed by atoms with van der Waals surface area (Å²) in [5.41, 5.74) is 0.235. The molecule has 0 heterocycles. The molecule has 0 aliphatic heterocycles. The molecule has 0 amide bonds. The van der Waals surface area contributed by atoms with E-state index in [2.05, 4.69) is 31.9 Å². The van der Waals surface area contributed by atoms with Gasteiger partial charge in [0.25, 0.3) is 10.1 Å². The average Bonchev–Trinajstić information content (AvgIpc) is 2.55. The van der Waals surface area contributed by atoms with Crippen LogP contribution in [0.5, 0.6) is 5.75 Å². The molecular formula is C16H14Br2O6S. The van der Waals surface area contributed by atoms with Crippen LogP contribution in [-0.2, 0) is 14.9 Å². The standard InChI is InChI=1S/C16H14Br2O6S/c1-23-14-12(18)8-7-10(13(14)16(19)24-2)15(25(20,21)22)9-5-3-4-6-11(9)17/h3-8,15H,1-2H3,(H,20,21,22). The van der Waals surface area contributed by atoms with Gasteiger partial charge in [0, 0.05) is 4.47 Å². The minimum atomic E-state index is -4.60. The molecule has 1 atom stereocenters. The third-order valence-electron chi connectivity index (χ3n) is 3.50. The number of esters is 1. The summed E-state index contributed by atoms with van der Waals surface area (Å²) in [6.45, 7) is 0. The number of hydrogen-bond donors (Lipinski definition) is 1. The lowest BCUT2D eigenvalue weighted by molar-refractivity contribution is 0.0595. The SMILES string of the molecule is COC(=O)c1c(C(c2ccccc2Br)S(=O)(=O)O)ccc(Br)c1OC. The highest BCUT2D eigenvalue weighted by Crippen LogP contribution is 2.41. The molecule has 2 aromatic rings. The largest absolute Gasteiger partial charge is 0.495 e. The van der Waals surface area contributed by atoms with Crippen molar-refractivity contribution < 1.29 is 27.2 Å². The summed E-state index contributed by atoms with van der Waals surface area (Å²) in [6.07, 6.45) is 0. The molecule has 0 aromatic heterocycles. The summed E-state index contributed by atoms with van der Waals surface area (Å²) in [5.74, 6) is -0.668. The third-order valence-corrected chi connectivity index (χ3v) is 5.95. The molecule has 0 saturated heterocycles. The van der Waals surface area contributed by atoms with Gasteiger partial charge in [0.05, 0.1) is 18.7 Å². The predicted molar refractivity (Wildman–Crippen MR) is 99.6 cm³/mol. The normalized spacial score (nSPS) is 12.5. The minimum Gasteiger partial charge on any atom is -0.495 e. The number of benzene rings is 2. The summed E-state index contributed by atoms with van der Waals surface area (Å²) in [7, 11) is -2.09. The van der Waals surface area contributed by atoms with Gasteiger partial charge >= 0.3 is 5.97 Å². The Morgan fingerprint density at radius 3 is 2.20 bits per heavy atom. The molecule has 6 nitrogen and oxygen atoms in total. The fourth-order valence-corrected chi connectivity index (χ4v) is 4.68. The Morgan fingerprint density at radius 1 is 1.04 bits per heavy atom. The molecule has 1 unspecified atom stereocenters. The molecule has 2 aromatic carbocycles. The molecule has 134 valence electrons. The van der Waals surface area contributed by atoms with Crippen molar-refractivity contribution in [3.63, 3.8) is 0 Å². The third kappa shape index (κ3) is 4.05. The van der Waals surface area contributed by atoms with Gasteiger partial charge < -0.3 is 9.47 Å². The lowest BCUT2D eigenvalue weighted by atomic mass is 9.98. The predicted octanol–water partition coefficient (Wildman–Crippen LogP) is 3.98. The van der Waals surface area contributed by atoms with Crippen LogP contribution >= 0.6 is 31.9 Å². The first-order valence-corrected chi connectivity index (χ1v) is 9.96. The lowest BCUT2D eigenvalue weighted by Gasteiger charge is -2.21. The summed E-state index contributed by atoms with van der Waals surface area (Å²) in [6, 6.07) is 9.48. The molecular weight excluding hydrogens is 480 g/mol. The first-order valence-electron chi connectivity index (χ1n) is 6.87. The van der Waals surface area contributed by atoms with Gasteiger partial charge in [-0.1, -0.05) is 40.2 Å². The van der Waals surface area contributed by atoms with Gasteiger partial charge in [0.1, 0.15) is 16.6 Å². The van der Waals surface area contributed by atoms with E-state index in [9.17, 15) is 17.8 Å². The second-order valence-corrected chi connectivity index (χ2v) is 8.16. The van der Waals surface area contributed by atoms with Crippen molar-refractivity contribution in [2.75, 3.05) is 14.2 Å². The van der Waals surface area contributed by atoms with E-state index < -0.39 is 21.3 Å². The van der Waals surface area contributed by atoms with Crippen molar-refractivity contribution in [3.05, 3.63) is 62.0 Å². The van der Waals surface area contributed by atoms with Crippen molar-refractivity contribution in [1.29, 1.82) is 0 Å². The molecule has 0 spiro atoms. The van der Waals surface area contributed by atoms with Crippen molar-refractivity contribution in [2.45, 2.75) is 5.25 Å². The van der Waals surface area contributed by atoms with Crippen LogP contribution in [0.4, 0.5) is 0 Å². The fourth-order valence-electron chi connectivity index (χ4n) is 2.48. The van der Waals surface area contributed by atoms with E-state index in [1.54, 1.807) is 18.2 Å². The molecule has 0 fully saturated rings. The second-order valence-electron chi connectivity index (χ2n) is 4.95. The maximum absolute atomic E-state index is 12.3. The Morgan fingerprint density at radius 2 is 1.68 bits per heavy atom. The number of carbonyl (C=O) groups excluding carboxylic acids is 1. The van der Waals surface area contributed by atoms with Crippen molar-refractivity contribution in [2.24, 2.45) is 0 Å². The molecule has 9 heteroatoms. The maximum Gasteiger partial charge on any atom is 0.342 e. The van der Waals surface area contributed by atoms with E-state index in [1.165, 1.54) is 32.4 Å². The minimum absolute atomic E-state index is 0.0429. The number of hydrogen-bond acceptors (Lipinski definition) is 5. The van der Waals surface area contributed by atoms with Gasteiger partial charge in [0.15, 0.2) is 0 Å². The Balaban J connectivity index is 2.88. The highest BCUT2D eigenvalue weighted by atomic mass is 79.9. The second kappa shape index (κ2) is 7.86. The summed E-state index contributed by atoms with van der Waals surface area (Å²) >= 11 is 6.54. The van der Waals surface area contributed by atoms with Gasteiger partial charge in [-0.3, -0.25) is 4.55 Å². The van der Waals surface area contributed by atoms with E-state index >= 15 is 0 Å². The van der Waals surface area contributed by atoms with Gasteiger partial charge in [-0.15, -0.1) is 0 Å². The number of carbonyl (C=O) groups is 1. The van der Waals surface area contributed by atoms with Gasteiger partial charge in [-0.2, -0.15) is 8.42 Å². The van der Waals surface area contributed by atoms with Crippen molar-refractivity contribution in [3.8, 4) is 5.75 Å². The zero-order chi connectivity index (χ0) is 18.8. The van der Waals surface area contributed by atoms with Crippen LogP contribution in [0.1, 0.15) is 26.7 Å². The molecule has 0 saturated carbocycles. The Kier molecular flexibility index (Phi) is 6.26. The molecule has 1 N–H and O–H groups in total. The van der Waals surface area contributed by atoms with Crippen LogP contribution in [0.15, 0.2) is 45.3 Å². The quantitative estimate of drug-likeness (QED) is 0.500. The highest BCUT2D eigenvalue weighted by molar-refractivity contribution is 9.10. The van der Waals surface area contributed by atoms with E-state index in [4.69, 9.17) is 9.47 Å². The van der Waals surface area contributed by atoms with Gasteiger partial charge in [-0.05, 0) is 39.2 Å². The Bertz CT molecular complexity index is 911. The first kappa shape index (κ1) is 19.9. The lowest BCUT2D eigenvalue weighted by Crippen LogP contribution is -2.19. The average molecular weight is 494 g/mol. The first-order chi connectivity index (χ1) is 11.7. The summed E-state index contributed by atoms with van der Waals surface area (Å²) < 4.78 is 45.1. The zero-order valence-corrected chi connectivity index (χ0v) is 17.2. The van der Waals surface area contributed by atoms with Crippen LogP contribution in [-0.4, -0.2) is 33.2 Å². The van der Waals surface area contributed by atoms with Crippen LogP contribution in [0, 0.1) is 0 Å². The number of methoxy groups -OCH3 is 2. The highest BCUT2D eigenvalue weighted by Gasteiger charge is 2.35. The van der Waals surface area contributed by atoms with Crippen LogP contribution in [0.2, 0.25) is 0 Å². The maximum atomic E-state index is 12.3. The van der Waals surface area contributed by atoms with Gasteiger partial charge in [-0.25, -0.2) is 4.79 Å². The monoisotopic (exact) mass is 492 g/mol. The summed E-state index contributed by atoms with van der Waals surface area (Å²) in [4.78, 5) is 12.3. The molecule has 25 heavy (non-hydrogen) atoms. The van der Waals surface area contributed by atoms with Gasteiger partial charge in [0.2, 0.25) is 0 Å². The number of halogens is 2. The van der Waals surface area contributed by atoms with Crippen LogP contribution in [0.3, 0.4) is 0 Å². The van der Waals surface area contributed by atoms with E-state index in [0.29, 0.717) is 8.95 Å². The molecule has 0 radical (unpaired) electrons. The summed E-state index contributed by atoms with van der Waals surface area (Å²) in [5, 5.41) is -1.50. The molecule has 0 aliphatic rings. The van der Waals surface area contributed by atoms with Crippen molar-refractivity contribution in [1.82, 2.24) is 0 Å². The van der Waals surface area contributed by atoms with Crippen LogP contribution < -0.4 is 4.74 Å². The van der Waals surface area contributed by atoms with E-state index in [-0.39, 0.29) is 22.4 Å². The zero-order valence-electron chi connectivity index (χ0n) is 13.2. The van der Waals surface area contributed by atoms with E-state index in [1.807, 2.05) is 0 Å². The molecule has 0 aliphatic carbocycles. The smallest absolute Gasteiger partial charge is 0.342 e. The van der Waals surface area contributed by atoms with Crippen LogP contribution in [0.25, 0.3) is 0 Å². The number of ether oxygens (including phenoxy) is 2. The fraction of sp³-hybridized carbons (Fsp3) is 0.188. The topological polar surface area (TPSA) is 89.9 Å². The Hall–Kier alpha value is -1.42. The van der Waals surface area contributed by atoms with E-state index in [0.717, 1.165) is 0 Å².